The van der Waals surface area contributed by atoms with Gasteiger partial charge in [0.15, 0.2) is 9.84 Å². The highest BCUT2D eigenvalue weighted by molar-refractivity contribution is 7.91. The van der Waals surface area contributed by atoms with Crippen LogP contribution >= 0.6 is 0 Å². The van der Waals surface area contributed by atoms with Crippen LogP contribution in [0.25, 0.3) is 0 Å². The van der Waals surface area contributed by atoms with Crippen molar-refractivity contribution in [3.8, 4) is 0 Å². The number of nitrogens with one attached hydrogen (secondary N) is 2. The molecule has 3 fully saturated rings. The van der Waals surface area contributed by atoms with Crippen molar-refractivity contribution in [3.63, 3.8) is 0 Å². The van der Waals surface area contributed by atoms with Crippen LogP contribution in [0.5, 0.6) is 0 Å². The minimum atomic E-state index is -3.12. The van der Waals surface area contributed by atoms with Gasteiger partial charge in [0.25, 0.3) is 0 Å². The monoisotopic (exact) mass is 530 g/mol. The minimum Gasteiger partial charge on any atom is -0.378 e. The van der Waals surface area contributed by atoms with Crippen molar-refractivity contribution >= 4 is 9.84 Å². The zero-order chi connectivity index (χ0) is 26.7. The highest BCUT2D eigenvalue weighted by Crippen LogP contribution is 2.60. The number of hydrogen-bond donors (Lipinski definition) is 2. The number of piperazine rings is 1. The predicted molar refractivity (Wildman–Crippen MR) is 155 cm³/mol. The van der Waals surface area contributed by atoms with Crippen molar-refractivity contribution < 1.29 is 8.42 Å². The Kier molecular flexibility index (Phi) is 11.7. The summed E-state index contributed by atoms with van der Waals surface area (Å²) in [6.07, 6.45) is 15.7. The first-order valence-corrected chi connectivity index (χ1v) is 16.1. The van der Waals surface area contributed by atoms with E-state index >= 15 is 0 Å². The zero-order valence-electron chi connectivity index (χ0n) is 23.6. The molecule has 7 heteroatoms. The van der Waals surface area contributed by atoms with Crippen molar-refractivity contribution in [1.29, 1.82) is 0 Å². The van der Waals surface area contributed by atoms with Crippen LogP contribution < -0.4 is 10.6 Å². The predicted octanol–water partition coefficient (Wildman–Crippen LogP) is 4.32. The molecular weight excluding hydrogens is 480 g/mol. The highest BCUT2D eigenvalue weighted by atomic mass is 32.2. The van der Waals surface area contributed by atoms with E-state index in [1.54, 1.807) is 24.3 Å². The summed E-state index contributed by atoms with van der Waals surface area (Å²) in [6.45, 7) is 9.61. The molecule has 1 aromatic rings. The summed E-state index contributed by atoms with van der Waals surface area (Å²) < 4.78 is 24.1. The molecular formula is C30H50N4O2S. The fourth-order valence-corrected chi connectivity index (χ4v) is 6.94. The Labute approximate surface area is 226 Å². The van der Waals surface area contributed by atoms with E-state index in [-0.39, 0.29) is 5.75 Å². The van der Waals surface area contributed by atoms with Crippen molar-refractivity contribution in [2.45, 2.75) is 63.3 Å². The van der Waals surface area contributed by atoms with Gasteiger partial charge in [-0.2, -0.15) is 0 Å². The van der Waals surface area contributed by atoms with E-state index in [9.17, 15) is 8.42 Å². The number of fused-ring (bicyclic) bond motifs is 1. The second-order valence-electron chi connectivity index (χ2n) is 10.7. The van der Waals surface area contributed by atoms with E-state index < -0.39 is 9.84 Å². The molecule has 1 aromatic carbocycles. The number of allylic oxidation sites excluding steroid dienone is 2. The second kappa shape index (κ2) is 14.5. The Bertz CT molecular complexity index is 963. The maximum Gasteiger partial charge on any atom is 0.179 e. The van der Waals surface area contributed by atoms with Crippen molar-refractivity contribution in [1.82, 2.24) is 20.4 Å². The molecule has 6 nitrogen and oxygen atoms in total. The van der Waals surface area contributed by atoms with Crippen LogP contribution in [-0.4, -0.2) is 83.4 Å². The average Bonchev–Trinajstić information content (AvgIpc) is 3.65. The van der Waals surface area contributed by atoms with Gasteiger partial charge in [0.05, 0.1) is 10.6 Å². The summed E-state index contributed by atoms with van der Waals surface area (Å²) in [5, 5.41) is 7.08. The smallest absolute Gasteiger partial charge is 0.179 e. The molecule has 4 aliphatic rings. The van der Waals surface area contributed by atoms with E-state index in [2.05, 4.69) is 52.8 Å². The zero-order valence-corrected chi connectivity index (χ0v) is 24.4. The van der Waals surface area contributed by atoms with Crippen LogP contribution in [0.4, 0.5) is 0 Å². The quantitative estimate of drug-likeness (QED) is 0.571. The third-order valence-electron chi connectivity index (χ3n) is 8.00. The largest absolute Gasteiger partial charge is 0.378 e. The number of sulfone groups is 1. The molecule has 0 spiro atoms. The van der Waals surface area contributed by atoms with Gasteiger partial charge >= 0.3 is 0 Å². The molecule has 2 aliphatic heterocycles. The molecule has 5 rings (SSSR count). The van der Waals surface area contributed by atoms with Crippen LogP contribution in [0.15, 0.2) is 59.2 Å². The van der Waals surface area contributed by atoms with Gasteiger partial charge in [-0.05, 0) is 49.9 Å². The third-order valence-corrected chi connectivity index (χ3v) is 9.71. The van der Waals surface area contributed by atoms with E-state index in [0.717, 1.165) is 38.1 Å². The van der Waals surface area contributed by atoms with Crippen molar-refractivity contribution in [3.05, 3.63) is 54.3 Å². The van der Waals surface area contributed by atoms with Crippen molar-refractivity contribution in [2.24, 2.45) is 11.3 Å². The standard InChI is InChI=1S/C16H26N2.C12H18N2O2S.C2H6/c1-18(2)14-8-9-16(12-13(16)11-14)15-7-5-3-4-6-10-17-15;15-17(16,12-4-2-1-3-5-12)11-10-14-8-6-13-7-9-14;1-2/h8-9,11,13,15,17H,3-7,10,12H2,1-2H3;1-5,13H,6-11H2;1-2H3. The molecule has 37 heavy (non-hydrogen) atoms. The first-order valence-electron chi connectivity index (χ1n) is 14.4. The van der Waals surface area contributed by atoms with Crippen LogP contribution in [-0.2, 0) is 9.84 Å². The summed E-state index contributed by atoms with van der Waals surface area (Å²) in [6, 6.07) is 9.39. The van der Waals surface area contributed by atoms with Gasteiger partial charge < -0.3 is 15.5 Å². The van der Waals surface area contributed by atoms with Gasteiger partial charge in [-0.15, -0.1) is 0 Å². The second-order valence-corrected chi connectivity index (χ2v) is 12.8. The molecule has 3 atom stereocenters. The number of likely N-dealkylation sites (N-methyl/N-ethyl adjacent to an activating group) is 1. The summed E-state index contributed by atoms with van der Waals surface area (Å²) in [5.41, 5.74) is 1.86. The normalized spacial score (nSPS) is 27.6. The molecule has 3 unspecified atom stereocenters. The lowest BCUT2D eigenvalue weighted by Gasteiger charge is -2.31. The molecule has 208 valence electrons. The summed E-state index contributed by atoms with van der Waals surface area (Å²) >= 11 is 0. The highest BCUT2D eigenvalue weighted by Gasteiger charge is 2.56. The van der Waals surface area contributed by atoms with Crippen LogP contribution in [0, 0.1) is 11.3 Å². The number of benzene rings is 1. The molecule has 2 aliphatic carbocycles. The number of nitrogens with zero attached hydrogens (tertiary/aromatic N) is 2. The lowest BCUT2D eigenvalue weighted by molar-refractivity contribution is 0.254. The summed E-state index contributed by atoms with van der Waals surface area (Å²) in [4.78, 5) is 4.84. The number of rotatable bonds is 6. The molecule has 1 saturated carbocycles. The van der Waals surface area contributed by atoms with Gasteiger partial charge in [-0.1, -0.05) is 63.5 Å². The Morgan fingerprint density at radius 2 is 1.70 bits per heavy atom. The van der Waals surface area contributed by atoms with Crippen LogP contribution in [0.1, 0.15) is 52.4 Å². The van der Waals surface area contributed by atoms with E-state index in [1.165, 1.54) is 50.8 Å². The van der Waals surface area contributed by atoms with E-state index in [0.29, 0.717) is 16.9 Å². The van der Waals surface area contributed by atoms with E-state index in [4.69, 9.17) is 0 Å². The molecule has 0 radical (unpaired) electrons. The molecule has 2 heterocycles. The van der Waals surface area contributed by atoms with Crippen LogP contribution in [0.2, 0.25) is 0 Å². The molecule has 2 saturated heterocycles. The van der Waals surface area contributed by atoms with Crippen molar-refractivity contribution in [2.75, 3.05) is 59.1 Å². The van der Waals surface area contributed by atoms with Gasteiger partial charge in [0.2, 0.25) is 0 Å². The fourth-order valence-electron chi connectivity index (χ4n) is 5.64. The number of hydrogen-bond acceptors (Lipinski definition) is 6. The Morgan fingerprint density at radius 3 is 2.38 bits per heavy atom. The van der Waals surface area contributed by atoms with E-state index in [1.807, 2.05) is 19.9 Å². The minimum absolute atomic E-state index is 0.205. The molecule has 0 amide bonds. The lowest BCUT2D eigenvalue weighted by Crippen LogP contribution is -2.45. The van der Waals surface area contributed by atoms with Crippen LogP contribution in [0.3, 0.4) is 0 Å². The SMILES string of the molecule is CC.CN(C)C1=CC2CC2(C2CCCCCCN2)C=C1.O=S(=O)(CCN1CCNCC1)c1ccccc1. The maximum absolute atomic E-state index is 12.0. The molecule has 2 N–H and O–H groups in total. The average molecular weight is 531 g/mol. The first kappa shape index (κ1) is 29.9. The van der Waals surface area contributed by atoms with Gasteiger partial charge in [0, 0.05) is 64.0 Å². The van der Waals surface area contributed by atoms with Gasteiger partial charge in [-0.3, -0.25) is 4.90 Å². The summed E-state index contributed by atoms with van der Waals surface area (Å²) in [7, 11) is 1.16. The van der Waals surface area contributed by atoms with Gasteiger partial charge in [-0.25, -0.2) is 8.42 Å². The molecule has 0 aromatic heterocycles. The Morgan fingerprint density at radius 1 is 1.00 bits per heavy atom. The topological polar surface area (TPSA) is 64.7 Å². The maximum atomic E-state index is 12.0. The fraction of sp³-hybridized carbons (Fsp3) is 0.667. The third kappa shape index (κ3) is 8.41. The van der Waals surface area contributed by atoms with Gasteiger partial charge in [0.1, 0.15) is 0 Å². The summed E-state index contributed by atoms with van der Waals surface area (Å²) in [5.74, 6) is 0.994. The first-order chi connectivity index (χ1) is 17.9. The lowest BCUT2D eigenvalue weighted by atomic mass is 9.85. The molecule has 0 bridgehead atoms. The Hall–Kier alpha value is -1.67. The Balaban J connectivity index is 0.000000193.